The smallest absolute Gasteiger partial charge is 0.303 e. The molecule has 0 bridgehead atoms. The summed E-state index contributed by atoms with van der Waals surface area (Å²) in [7, 11) is 0. The lowest BCUT2D eigenvalue weighted by molar-refractivity contribution is -0.136. The van der Waals surface area contributed by atoms with Crippen molar-refractivity contribution in [2.45, 2.75) is 43.5 Å². The van der Waals surface area contributed by atoms with Crippen LogP contribution >= 0.6 is 0 Å². The first-order valence-electron chi connectivity index (χ1n) is 10.3. The Hall–Kier alpha value is -2.83. The van der Waals surface area contributed by atoms with Gasteiger partial charge >= 0.3 is 5.97 Å². The molecule has 158 valence electrons. The van der Waals surface area contributed by atoms with Crippen molar-refractivity contribution in [2.24, 2.45) is 5.92 Å². The number of rotatable bonds is 8. The first-order valence-corrected chi connectivity index (χ1v) is 10.3. The molecule has 30 heavy (non-hydrogen) atoms. The molecule has 1 aliphatic carbocycles. The van der Waals surface area contributed by atoms with Gasteiger partial charge in [0.15, 0.2) is 0 Å². The van der Waals surface area contributed by atoms with E-state index < -0.39 is 18.2 Å². The molecule has 0 radical (unpaired) electrons. The molecule has 0 saturated heterocycles. The third kappa shape index (κ3) is 4.35. The van der Waals surface area contributed by atoms with Crippen molar-refractivity contribution in [1.29, 1.82) is 0 Å². The summed E-state index contributed by atoms with van der Waals surface area (Å²) in [6.45, 7) is 0.129. The Kier molecular flexibility index (Phi) is 6.06. The van der Waals surface area contributed by atoms with E-state index in [0.717, 1.165) is 16.9 Å². The predicted octanol–water partition coefficient (Wildman–Crippen LogP) is 2.93. The van der Waals surface area contributed by atoms with Gasteiger partial charge in [-0.15, -0.1) is 0 Å². The van der Waals surface area contributed by atoms with Gasteiger partial charge in [-0.3, -0.25) is 4.79 Å². The van der Waals surface area contributed by atoms with Gasteiger partial charge < -0.3 is 24.8 Å². The molecule has 6 heteroatoms. The minimum absolute atomic E-state index is 0.0155. The largest absolute Gasteiger partial charge is 0.491 e. The van der Waals surface area contributed by atoms with Gasteiger partial charge in [-0.05, 0) is 24.1 Å². The highest BCUT2D eigenvalue weighted by atomic mass is 16.5. The second-order valence-corrected chi connectivity index (χ2v) is 7.87. The minimum atomic E-state index is -0.839. The Morgan fingerprint density at radius 1 is 1.20 bits per heavy atom. The number of hydrogen-bond donors (Lipinski definition) is 3. The average molecular weight is 410 g/mol. The number of aryl methyl sites for hydroxylation is 1. The molecule has 6 nitrogen and oxygen atoms in total. The van der Waals surface area contributed by atoms with Crippen LogP contribution in [-0.4, -0.2) is 46.2 Å². The van der Waals surface area contributed by atoms with E-state index in [1.54, 1.807) is 6.08 Å². The van der Waals surface area contributed by atoms with Crippen molar-refractivity contribution in [1.82, 2.24) is 0 Å². The Labute approximate surface area is 175 Å². The second kappa shape index (κ2) is 8.90. The predicted molar refractivity (Wildman–Crippen MR) is 111 cm³/mol. The molecule has 2 aromatic rings. The highest BCUT2D eigenvalue weighted by Crippen LogP contribution is 2.52. The van der Waals surface area contributed by atoms with Crippen LogP contribution in [0.25, 0.3) is 0 Å². The molecule has 4 unspecified atom stereocenters. The first-order chi connectivity index (χ1) is 14.5. The molecular formula is C24H26O6. The number of hydrogen-bond acceptors (Lipinski definition) is 5. The van der Waals surface area contributed by atoms with Gasteiger partial charge in [0.25, 0.3) is 0 Å². The van der Waals surface area contributed by atoms with E-state index in [4.69, 9.17) is 14.6 Å². The van der Waals surface area contributed by atoms with E-state index in [1.807, 2.05) is 54.6 Å². The number of aliphatic hydroxyl groups excluding tert-OH is 2. The lowest BCUT2D eigenvalue weighted by Crippen LogP contribution is -2.19. The second-order valence-electron chi connectivity index (χ2n) is 7.87. The number of fused-ring (bicyclic) bond motifs is 3. The summed E-state index contributed by atoms with van der Waals surface area (Å²) in [5.41, 5.74) is 1.89. The van der Waals surface area contributed by atoms with Crippen molar-refractivity contribution >= 4 is 5.97 Å². The maximum Gasteiger partial charge on any atom is 0.303 e. The van der Waals surface area contributed by atoms with Gasteiger partial charge in [-0.25, -0.2) is 0 Å². The zero-order chi connectivity index (χ0) is 21.1. The number of carboxylic acid groups (broad SMARTS) is 1. The Bertz CT molecular complexity index is 909. The van der Waals surface area contributed by atoms with Crippen molar-refractivity contribution in [3.8, 4) is 11.5 Å². The maximum absolute atomic E-state index is 10.9. The molecule has 2 aromatic carbocycles. The van der Waals surface area contributed by atoms with Crippen LogP contribution in [0.4, 0.5) is 0 Å². The number of carbonyl (C=O) groups is 1. The summed E-state index contributed by atoms with van der Waals surface area (Å²) in [6, 6.07) is 15.1. The summed E-state index contributed by atoms with van der Waals surface area (Å²) in [4.78, 5) is 10.9. The third-order valence-corrected chi connectivity index (χ3v) is 5.82. The van der Waals surface area contributed by atoms with Crippen LogP contribution in [0.15, 0.2) is 60.7 Å². The lowest BCUT2D eigenvalue weighted by atomic mass is 9.86. The average Bonchev–Trinajstić information content (AvgIpc) is 3.24. The fraction of sp³-hybridized carbons (Fsp3) is 0.375. The molecule has 1 fully saturated rings. The number of ether oxygens (including phenoxy) is 2. The van der Waals surface area contributed by atoms with Crippen LogP contribution in [0.5, 0.6) is 11.5 Å². The molecule has 0 amide bonds. The van der Waals surface area contributed by atoms with E-state index in [9.17, 15) is 15.0 Å². The van der Waals surface area contributed by atoms with Gasteiger partial charge in [-0.1, -0.05) is 48.6 Å². The number of carboxylic acids is 1. The molecule has 0 aromatic heterocycles. The fourth-order valence-electron chi connectivity index (χ4n) is 4.42. The number of benzene rings is 2. The monoisotopic (exact) mass is 410 g/mol. The maximum atomic E-state index is 10.9. The molecule has 1 heterocycles. The standard InChI is InChI=1S/C24H26O6/c25-16(14-29-17-6-2-1-3-7-17)10-11-18-20(26)13-21-23(18)19-8-4-5-15(24(19)30-21)9-12-22(27)28/h1-8,10-11,16,18,20-21,23,25-26H,9,12-14H2,(H,27,28)/t16?,18-,20?,21?,23?/m0/s1. The first kappa shape index (κ1) is 20.4. The van der Waals surface area contributed by atoms with Crippen molar-refractivity contribution in [3.05, 3.63) is 71.8 Å². The van der Waals surface area contributed by atoms with Gasteiger partial charge in [0.1, 0.15) is 30.3 Å². The topological polar surface area (TPSA) is 96.2 Å². The molecule has 4 rings (SSSR count). The van der Waals surface area contributed by atoms with E-state index in [0.29, 0.717) is 18.6 Å². The molecule has 2 aliphatic rings. The van der Waals surface area contributed by atoms with Crippen molar-refractivity contribution in [3.63, 3.8) is 0 Å². The minimum Gasteiger partial charge on any atom is -0.491 e. The molecule has 0 spiro atoms. The van der Waals surface area contributed by atoms with Crippen molar-refractivity contribution < 1.29 is 29.6 Å². The van der Waals surface area contributed by atoms with Gasteiger partial charge in [-0.2, -0.15) is 0 Å². The number of aliphatic carboxylic acids is 1. The molecule has 1 saturated carbocycles. The van der Waals surface area contributed by atoms with Crippen LogP contribution < -0.4 is 9.47 Å². The zero-order valence-electron chi connectivity index (χ0n) is 16.6. The van der Waals surface area contributed by atoms with E-state index in [2.05, 4.69) is 0 Å². The lowest BCUT2D eigenvalue weighted by Gasteiger charge is -2.18. The summed E-state index contributed by atoms with van der Waals surface area (Å²) < 4.78 is 11.7. The molecule has 5 atom stereocenters. The van der Waals surface area contributed by atoms with Gasteiger partial charge in [0, 0.05) is 30.2 Å². The van der Waals surface area contributed by atoms with E-state index in [-0.39, 0.29) is 31.0 Å². The Morgan fingerprint density at radius 2 is 2.00 bits per heavy atom. The molecule has 1 aliphatic heterocycles. The number of para-hydroxylation sites is 2. The zero-order valence-corrected chi connectivity index (χ0v) is 16.6. The van der Waals surface area contributed by atoms with Crippen LogP contribution in [0.1, 0.15) is 29.9 Å². The van der Waals surface area contributed by atoms with E-state index >= 15 is 0 Å². The van der Waals surface area contributed by atoms with Crippen LogP contribution in [0, 0.1) is 5.92 Å². The summed E-state index contributed by atoms with van der Waals surface area (Å²) in [5.74, 6) is 0.411. The molecular weight excluding hydrogens is 384 g/mol. The highest BCUT2D eigenvalue weighted by Gasteiger charge is 2.48. The molecule has 3 N–H and O–H groups in total. The highest BCUT2D eigenvalue weighted by molar-refractivity contribution is 5.67. The van der Waals surface area contributed by atoms with Crippen molar-refractivity contribution in [2.75, 3.05) is 6.61 Å². The summed E-state index contributed by atoms with van der Waals surface area (Å²) in [6.07, 6.45) is 3.00. The summed E-state index contributed by atoms with van der Waals surface area (Å²) >= 11 is 0. The van der Waals surface area contributed by atoms with Gasteiger partial charge in [0.2, 0.25) is 0 Å². The quantitative estimate of drug-likeness (QED) is 0.579. The fourth-order valence-corrected chi connectivity index (χ4v) is 4.42. The number of aliphatic hydroxyl groups is 2. The van der Waals surface area contributed by atoms with Crippen LogP contribution in [-0.2, 0) is 11.2 Å². The third-order valence-electron chi connectivity index (χ3n) is 5.82. The SMILES string of the molecule is O=C(O)CCc1cccc2c1OC1CC(O)[C@H](C=CC(O)COc3ccccc3)C21. The van der Waals surface area contributed by atoms with Gasteiger partial charge in [0.05, 0.1) is 6.10 Å². The van der Waals surface area contributed by atoms with Crippen LogP contribution in [0.3, 0.4) is 0 Å². The Morgan fingerprint density at radius 3 is 2.77 bits per heavy atom. The summed E-state index contributed by atoms with van der Waals surface area (Å²) in [5, 5.41) is 29.8. The normalized spacial score (nSPS) is 25.5. The Balaban J connectivity index is 1.45. The van der Waals surface area contributed by atoms with Crippen LogP contribution in [0.2, 0.25) is 0 Å². The van der Waals surface area contributed by atoms with E-state index in [1.165, 1.54) is 0 Å².